The van der Waals surface area contributed by atoms with Crippen LogP contribution >= 0.6 is 0 Å². The van der Waals surface area contributed by atoms with Crippen LogP contribution < -0.4 is 20.7 Å². The molecule has 1 aromatic heterocycles. The Morgan fingerprint density at radius 2 is 0.789 bits per heavy atom. The van der Waals surface area contributed by atoms with Crippen LogP contribution in [0.4, 0.5) is 0 Å². The molecular weight excluding hydrogens is 707 g/mol. The Labute approximate surface area is 332 Å². The summed E-state index contributed by atoms with van der Waals surface area (Å²) in [6.45, 7) is 0. The van der Waals surface area contributed by atoms with Crippen molar-refractivity contribution in [3.05, 3.63) is 212 Å². The van der Waals surface area contributed by atoms with E-state index in [2.05, 4.69) is 194 Å². The van der Waals surface area contributed by atoms with Crippen molar-refractivity contribution in [2.24, 2.45) is 0 Å². The van der Waals surface area contributed by atoms with Gasteiger partial charge in [0, 0.05) is 16.7 Å². The minimum Gasteiger partial charge on any atom is -0.208 e. The van der Waals surface area contributed by atoms with E-state index in [1.807, 2.05) is 18.2 Å². The largest absolute Gasteiger partial charge is 0.208 e. The van der Waals surface area contributed by atoms with Crippen molar-refractivity contribution in [3.63, 3.8) is 0 Å². The maximum Gasteiger partial charge on any atom is 0.180 e. The first-order valence-electron chi connectivity index (χ1n) is 19.4. The zero-order valence-corrected chi connectivity index (χ0v) is 32.0. The van der Waals surface area contributed by atoms with Crippen molar-refractivity contribution in [3.8, 4) is 56.4 Å². The highest BCUT2D eigenvalue weighted by Gasteiger charge is 2.49. The summed E-state index contributed by atoms with van der Waals surface area (Å²) in [5, 5.41) is 10.5. The fourth-order valence-electron chi connectivity index (χ4n) is 9.02. The molecule has 0 amide bonds. The highest BCUT2D eigenvalue weighted by Crippen LogP contribution is 2.37. The average Bonchev–Trinajstić information content (AvgIpc) is 3.60. The van der Waals surface area contributed by atoms with Crippen molar-refractivity contribution in [2.45, 2.75) is 0 Å². The standard InChI is InChI=1S/C53H35N3Si/c1-4-17-39(18-5-1)51-54-52(40-29-27-38(28-30-40)45-26-14-19-36-15-10-12-24-44(36)45)56-53(55-51)41-31-33-47-49(35-41)57(42-20-6-2-7-21-42,43-22-8-3-9-23-43)48-34-32-37-16-11-13-25-46(37)50(47)48/h1-35H. The fraction of sp³-hybridized carbons (Fsp3) is 0. The van der Waals surface area contributed by atoms with Crippen LogP contribution in [0, 0.1) is 0 Å². The molecule has 266 valence electrons. The van der Waals surface area contributed by atoms with Gasteiger partial charge in [0.1, 0.15) is 0 Å². The van der Waals surface area contributed by atoms with Gasteiger partial charge in [0.15, 0.2) is 25.5 Å². The average molecular weight is 742 g/mol. The van der Waals surface area contributed by atoms with Gasteiger partial charge in [-0.15, -0.1) is 0 Å². The van der Waals surface area contributed by atoms with E-state index < -0.39 is 8.07 Å². The van der Waals surface area contributed by atoms with Gasteiger partial charge < -0.3 is 0 Å². The molecular formula is C53H35N3Si. The van der Waals surface area contributed by atoms with Gasteiger partial charge in [-0.1, -0.05) is 212 Å². The number of hydrogen-bond donors (Lipinski definition) is 0. The molecule has 0 atom stereocenters. The lowest BCUT2D eigenvalue weighted by molar-refractivity contribution is 1.07. The summed E-state index contributed by atoms with van der Waals surface area (Å²) in [6, 6.07) is 76.6. The van der Waals surface area contributed by atoms with Crippen molar-refractivity contribution in [1.82, 2.24) is 15.0 Å². The van der Waals surface area contributed by atoms with Crippen LogP contribution in [-0.2, 0) is 0 Å². The molecule has 0 saturated heterocycles. The van der Waals surface area contributed by atoms with Crippen LogP contribution in [-0.4, -0.2) is 23.0 Å². The van der Waals surface area contributed by atoms with Gasteiger partial charge in [-0.25, -0.2) is 15.0 Å². The smallest absolute Gasteiger partial charge is 0.180 e. The third kappa shape index (κ3) is 5.37. The van der Waals surface area contributed by atoms with Crippen molar-refractivity contribution < 1.29 is 0 Å². The van der Waals surface area contributed by atoms with E-state index in [0.29, 0.717) is 17.5 Å². The fourth-order valence-corrected chi connectivity index (χ4v) is 14.2. The predicted molar refractivity (Wildman–Crippen MR) is 239 cm³/mol. The van der Waals surface area contributed by atoms with Crippen LogP contribution in [0.15, 0.2) is 212 Å². The third-order valence-corrected chi connectivity index (χ3v) is 16.5. The summed E-state index contributed by atoms with van der Waals surface area (Å²) in [5.74, 6) is 1.95. The summed E-state index contributed by atoms with van der Waals surface area (Å²) in [6.07, 6.45) is 0. The second-order valence-electron chi connectivity index (χ2n) is 14.7. The van der Waals surface area contributed by atoms with Gasteiger partial charge in [-0.2, -0.15) is 0 Å². The van der Waals surface area contributed by atoms with E-state index in [0.717, 1.165) is 22.3 Å². The number of benzene rings is 9. The molecule has 2 heterocycles. The van der Waals surface area contributed by atoms with Crippen molar-refractivity contribution >= 4 is 50.4 Å². The molecule has 0 N–H and O–H groups in total. The molecule has 3 nitrogen and oxygen atoms in total. The maximum absolute atomic E-state index is 5.26. The van der Waals surface area contributed by atoms with Gasteiger partial charge in [0.25, 0.3) is 0 Å². The van der Waals surface area contributed by atoms with Crippen LogP contribution in [0.25, 0.3) is 78.0 Å². The van der Waals surface area contributed by atoms with E-state index in [9.17, 15) is 0 Å². The van der Waals surface area contributed by atoms with Crippen LogP contribution in [0.3, 0.4) is 0 Å². The summed E-state index contributed by atoms with van der Waals surface area (Å²) < 4.78 is 0. The van der Waals surface area contributed by atoms with Gasteiger partial charge >= 0.3 is 0 Å². The molecule has 9 aromatic carbocycles. The number of rotatable bonds is 6. The number of hydrogen-bond acceptors (Lipinski definition) is 3. The normalized spacial score (nSPS) is 12.7. The topological polar surface area (TPSA) is 38.7 Å². The lowest BCUT2D eigenvalue weighted by Crippen LogP contribution is -2.72. The third-order valence-electron chi connectivity index (χ3n) is 11.6. The molecule has 57 heavy (non-hydrogen) atoms. The maximum atomic E-state index is 5.26. The highest BCUT2D eigenvalue weighted by molar-refractivity contribution is 7.22. The molecule has 1 aliphatic rings. The highest BCUT2D eigenvalue weighted by atomic mass is 28.3. The molecule has 0 unspecified atom stereocenters. The number of aromatic nitrogens is 3. The zero-order valence-electron chi connectivity index (χ0n) is 31.0. The Balaban J connectivity index is 1.12. The second-order valence-corrected chi connectivity index (χ2v) is 18.5. The van der Waals surface area contributed by atoms with Crippen LogP contribution in [0.1, 0.15) is 0 Å². The lowest BCUT2D eigenvalue weighted by Gasteiger charge is -2.31. The first-order valence-corrected chi connectivity index (χ1v) is 21.4. The molecule has 0 saturated carbocycles. The van der Waals surface area contributed by atoms with E-state index >= 15 is 0 Å². The summed E-state index contributed by atoms with van der Waals surface area (Å²) in [5.41, 5.74) is 7.85. The van der Waals surface area contributed by atoms with E-state index in [4.69, 9.17) is 15.0 Å². The Hall–Kier alpha value is -7.27. The summed E-state index contributed by atoms with van der Waals surface area (Å²) >= 11 is 0. The Bertz CT molecular complexity index is 3060. The van der Waals surface area contributed by atoms with Crippen LogP contribution in [0.5, 0.6) is 0 Å². The SMILES string of the molecule is c1ccc(-c2nc(-c3ccc(-c4cccc5ccccc45)cc3)nc(-c3ccc4c(c3)[Si](c3ccccc3)(c3ccccc3)c3ccc5ccccc5c3-4)n2)cc1. The molecule has 0 aliphatic carbocycles. The zero-order chi connectivity index (χ0) is 37.8. The van der Waals surface area contributed by atoms with Gasteiger partial charge in [0.2, 0.25) is 0 Å². The Morgan fingerprint density at radius 1 is 0.298 bits per heavy atom. The van der Waals surface area contributed by atoms with Gasteiger partial charge in [0.05, 0.1) is 0 Å². The second kappa shape index (κ2) is 13.5. The molecule has 11 rings (SSSR count). The monoisotopic (exact) mass is 741 g/mol. The molecule has 0 bridgehead atoms. The molecule has 0 fully saturated rings. The number of fused-ring (bicyclic) bond motifs is 6. The summed E-state index contributed by atoms with van der Waals surface area (Å²) in [4.78, 5) is 15.6. The number of nitrogens with zero attached hydrogens (tertiary/aromatic N) is 3. The van der Waals surface area contributed by atoms with E-state index in [1.54, 1.807) is 0 Å². The minimum absolute atomic E-state index is 0.646. The van der Waals surface area contributed by atoms with Crippen molar-refractivity contribution in [2.75, 3.05) is 0 Å². The molecule has 0 spiro atoms. The quantitative estimate of drug-likeness (QED) is 0.159. The molecule has 4 heteroatoms. The van der Waals surface area contributed by atoms with Crippen molar-refractivity contribution in [1.29, 1.82) is 0 Å². The lowest BCUT2D eigenvalue weighted by atomic mass is 9.97. The predicted octanol–water partition coefficient (Wildman–Crippen LogP) is 10.2. The van der Waals surface area contributed by atoms with E-state index in [-0.39, 0.29) is 0 Å². The Kier molecular flexibility index (Phi) is 7.83. The molecule has 1 aliphatic heterocycles. The first-order chi connectivity index (χ1) is 28.3. The van der Waals surface area contributed by atoms with Crippen LogP contribution in [0.2, 0.25) is 0 Å². The van der Waals surface area contributed by atoms with Gasteiger partial charge in [-0.05, 0) is 64.5 Å². The molecule has 10 aromatic rings. The van der Waals surface area contributed by atoms with E-state index in [1.165, 1.54) is 59.0 Å². The minimum atomic E-state index is -2.79. The molecule has 0 radical (unpaired) electrons. The Morgan fingerprint density at radius 3 is 1.46 bits per heavy atom. The van der Waals surface area contributed by atoms with Gasteiger partial charge in [-0.3, -0.25) is 0 Å². The first kappa shape index (κ1) is 33.1. The summed E-state index contributed by atoms with van der Waals surface area (Å²) in [7, 11) is -2.79.